The molecule has 0 unspecified atom stereocenters. The van der Waals surface area contributed by atoms with E-state index < -0.39 is 20.9 Å². The molecule has 0 aliphatic heterocycles. The number of nitrogens with one attached hydrogen (secondary N) is 2. The molecule has 0 aliphatic rings. The van der Waals surface area contributed by atoms with Crippen molar-refractivity contribution in [1.29, 1.82) is 0 Å². The molecule has 3 aromatic carbocycles. The molecule has 0 heterocycles. The molecule has 30 heavy (non-hydrogen) atoms. The van der Waals surface area contributed by atoms with Gasteiger partial charge in [-0.05, 0) is 48.5 Å². The SMILES string of the molecule is O=C(NNc1cccc(Cl)c1)c1ccc(OS(=O)(=O)c2cccc([N+](=O)[O-])c2)cc1. The van der Waals surface area contributed by atoms with E-state index in [9.17, 15) is 23.3 Å². The number of hydrazine groups is 1. The van der Waals surface area contributed by atoms with Gasteiger partial charge < -0.3 is 4.18 Å². The molecule has 1 amide bonds. The number of benzene rings is 3. The molecule has 154 valence electrons. The zero-order valence-electron chi connectivity index (χ0n) is 15.1. The molecule has 0 radical (unpaired) electrons. The Bertz CT molecular complexity index is 1200. The van der Waals surface area contributed by atoms with Crippen molar-refractivity contribution in [3.8, 4) is 5.75 Å². The third-order valence-electron chi connectivity index (χ3n) is 3.78. The summed E-state index contributed by atoms with van der Waals surface area (Å²) in [5.41, 5.74) is 5.64. The Balaban J connectivity index is 1.67. The lowest BCUT2D eigenvalue weighted by Crippen LogP contribution is -2.29. The van der Waals surface area contributed by atoms with Gasteiger partial charge in [0.2, 0.25) is 0 Å². The summed E-state index contributed by atoms with van der Waals surface area (Å²) in [6.45, 7) is 0. The first-order valence-corrected chi connectivity index (χ1v) is 10.1. The zero-order valence-corrected chi connectivity index (χ0v) is 16.7. The number of nitro benzene ring substituents is 1. The van der Waals surface area contributed by atoms with E-state index in [1.54, 1.807) is 24.3 Å². The molecular weight excluding hydrogens is 434 g/mol. The smallest absolute Gasteiger partial charge is 0.339 e. The Kier molecular flexibility index (Phi) is 6.19. The average Bonchev–Trinajstić information content (AvgIpc) is 2.72. The van der Waals surface area contributed by atoms with Crippen LogP contribution in [0.4, 0.5) is 11.4 Å². The number of amides is 1. The minimum absolute atomic E-state index is 0.0548. The van der Waals surface area contributed by atoms with Gasteiger partial charge in [-0.25, -0.2) is 0 Å². The molecule has 0 aromatic heterocycles. The summed E-state index contributed by atoms with van der Waals surface area (Å²) in [7, 11) is -4.28. The molecule has 0 atom stereocenters. The monoisotopic (exact) mass is 447 g/mol. The fourth-order valence-electron chi connectivity index (χ4n) is 2.36. The first-order chi connectivity index (χ1) is 14.2. The van der Waals surface area contributed by atoms with Crippen molar-refractivity contribution in [2.24, 2.45) is 0 Å². The van der Waals surface area contributed by atoms with E-state index in [4.69, 9.17) is 15.8 Å². The summed E-state index contributed by atoms with van der Waals surface area (Å²) >= 11 is 5.87. The lowest BCUT2D eigenvalue weighted by molar-refractivity contribution is -0.385. The number of anilines is 1. The quantitative estimate of drug-likeness (QED) is 0.320. The van der Waals surface area contributed by atoms with Crippen molar-refractivity contribution in [1.82, 2.24) is 5.43 Å². The van der Waals surface area contributed by atoms with Gasteiger partial charge in [-0.15, -0.1) is 0 Å². The van der Waals surface area contributed by atoms with Gasteiger partial charge >= 0.3 is 10.1 Å². The van der Waals surface area contributed by atoms with Crippen molar-refractivity contribution in [2.75, 3.05) is 5.43 Å². The van der Waals surface area contributed by atoms with Gasteiger partial charge in [0.15, 0.2) is 0 Å². The van der Waals surface area contributed by atoms with Crippen molar-refractivity contribution >= 4 is 39.0 Å². The number of hydrogen-bond acceptors (Lipinski definition) is 7. The van der Waals surface area contributed by atoms with Gasteiger partial charge in [0.25, 0.3) is 11.6 Å². The molecule has 9 nitrogen and oxygen atoms in total. The minimum atomic E-state index is -4.28. The van der Waals surface area contributed by atoms with Crippen molar-refractivity contribution in [2.45, 2.75) is 4.90 Å². The van der Waals surface area contributed by atoms with E-state index >= 15 is 0 Å². The fourth-order valence-corrected chi connectivity index (χ4v) is 3.52. The van der Waals surface area contributed by atoms with Crippen molar-refractivity contribution < 1.29 is 22.3 Å². The second-order valence-corrected chi connectivity index (χ2v) is 7.89. The van der Waals surface area contributed by atoms with E-state index in [2.05, 4.69) is 10.9 Å². The van der Waals surface area contributed by atoms with Crippen LogP contribution in [0.1, 0.15) is 10.4 Å². The van der Waals surface area contributed by atoms with Crippen LogP contribution in [0, 0.1) is 10.1 Å². The van der Waals surface area contributed by atoms with Crippen LogP contribution in [-0.4, -0.2) is 19.2 Å². The fraction of sp³-hybridized carbons (Fsp3) is 0. The Hall–Kier alpha value is -3.63. The number of carbonyl (C=O) groups excluding carboxylic acids is 1. The molecule has 2 N–H and O–H groups in total. The molecule has 0 aliphatic carbocycles. The zero-order chi connectivity index (χ0) is 21.7. The van der Waals surface area contributed by atoms with Crippen LogP contribution in [0.15, 0.2) is 77.7 Å². The molecule has 0 spiro atoms. The van der Waals surface area contributed by atoms with E-state index in [1.807, 2.05) is 0 Å². The minimum Gasteiger partial charge on any atom is -0.379 e. The molecule has 3 aromatic rings. The van der Waals surface area contributed by atoms with Crippen LogP contribution in [0.2, 0.25) is 5.02 Å². The van der Waals surface area contributed by atoms with Crippen molar-refractivity contribution in [3.05, 3.63) is 93.5 Å². The number of nitro groups is 1. The maximum absolute atomic E-state index is 12.3. The predicted molar refractivity (Wildman–Crippen MR) is 110 cm³/mol. The molecule has 0 bridgehead atoms. The van der Waals surface area contributed by atoms with Crippen LogP contribution in [0.25, 0.3) is 0 Å². The number of carbonyl (C=O) groups is 1. The van der Waals surface area contributed by atoms with E-state index in [0.29, 0.717) is 10.7 Å². The molecular formula is C19H14ClN3O6S. The molecule has 0 saturated heterocycles. The predicted octanol–water partition coefficient (Wildman–Crippen LogP) is 3.77. The highest BCUT2D eigenvalue weighted by molar-refractivity contribution is 7.87. The molecule has 11 heteroatoms. The second-order valence-electron chi connectivity index (χ2n) is 5.91. The summed E-state index contributed by atoms with van der Waals surface area (Å²) in [5, 5.41) is 11.3. The second kappa shape index (κ2) is 8.80. The standard InChI is InChI=1S/C19H14ClN3O6S/c20-14-3-1-4-15(11-14)21-22-19(24)13-7-9-17(10-8-13)29-30(27,28)18-6-2-5-16(12-18)23(25)26/h1-12,21H,(H,22,24). The summed E-state index contributed by atoms with van der Waals surface area (Å²) in [5.74, 6) is -0.524. The summed E-state index contributed by atoms with van der Waals surface area (Å²) in [4.78, 5) is 22.0. The third-order valence-corrected chi connectivity index (χ3v) is 5.26. The molecule has 3 rings (SSSR count). The number of hydrogen-bond donors (Lipinski definition) is 2. The van der Waals surface area contributed by atoms with Gasteiger partial charge in [0, 0.05) is 22.7 Å². The molecule has 0 saturated carbocycles. The Morgan fingerprint density at radius 3 is 2.37 bits per heavy atom. The lowest BCUT2D eigenvalue weighted by Gasteiger charge is -2.10. The normalized spacial score (nSPS) is 10.8. The maximum atomic E-state index is 12.3. The van der Waals surface area contributed by atoms with E-state index in [-0.39, 0.29) is 21.9 Å². The maximum Gasteiger partial charge on any atom is 0.339 e. The first-order valence-electron chi connectivity index (χ1n) is 8.35. The van der Waals surface area contributed by atoms with Crippen LogP contribution in [0.5, 0.6) is 5.75 Å². The number of halogens is 1. The summed E-state index contributed by atoms with van der Waals surface area (Å²) < 4.78 is 29.7. The van der Waals surface area contributed by atoms with E-state index in [0.717, 1.165) is 6.07 Å². The van der Waals surface area contributed by atoms with Gasteiger partial charge in [-0.1, -0.05) is 23.7 Å². The van der Waals surface area contributed by atoms with Crippen LogP contribution in [0.3, 0.4) is 0 Å². The van der Waals surface area contributed by atoms with Crippen molar-refractivity contribution in [3.63, 3.8) is 0 Å². The highest BCUT2D eigenvalue weighted by Crippen LogP contribution is 2.22. The highest BCUT2D eigenvalue weighted by atomic mass is 35.5. The van der Waals surface area contributed by atoms with Gasteiger partial charge in [0.1, 0.15) is 10.6 Å². The lowest BCUT2D eigenvalue weighted by atomic mass is 10.2. The Morgan fingerprint density at radius 1 is 1.00 bits per heavy atom. The highest BCUT2D eigenvalue weighted by Gasteiger charge is 2.20. The summed E-state index contributed by atoms with van der Waals surface area (Å²) in [6.07, 6.45) is 0. The third kappa shape index (κ3) is 5.25. The van der Waals surface area contributed by atoms with Crippen LogP contribution >= 0.6 is 11.6 Å². The van der Waals surface area contributed by atoms with E-state index in [1.165, 1.54) is 42.5 Å². The van der Waals surface area contributed by atoms with Gasteiger partial charge in [0.05, 0.1) is 10.6 Å². The Labute approximate surface area is 176 Å². The van der Waals surface area contributed by atoms with Gasteiger partial charge in [-0.2, -0.15) is 8.42 Å². The summed E-state index contributed by atoms with van der Waals surface area (Å²) in [6, 6.07) is 16.6. The Morgan fingerprint density at radius 2 is 1.70 bits per heavy atom. The number of rotatable bonds is 7. The van der Waals surface area contributed by atoms with Crippen LogP contribution < -0.4 is 15.0 Å². The van der Waals surface area contributed by atoms with Crippen LogP contribution in [-0.2, 0) is 10.1 Å². The average molecular weight is 448 g/mol. The largest absolute Gasteiger partial charge is 0.379 e. The number of nitrogens with zero attached hydrogens (tertiary/aromatic N) is 1. The van der Waals surface area contributed by atoms with Gasteiger partial charge in [-0.3, -0.25) is 25.8 Å². The first kappa shape index (κ1) is 21.1. The number of non-ortho nitro benzene ring substituents is 1. The topological polar surface area (TPSA) is 128 Å². The molecule has 0 fully saturated rings.